The Morgan fingerprint density at radius 3 is 3.11 bits per heavy atom. The van der Waals surface area contributed by atoms with Crippen molar-refractivity contribution in [3.05, 3.63) is 30.2 Å². The van der Waals surface area contributed by atoms with Crippen molar-refractivity contribution < 1.29 is 9.90 Å². The van der Waals surface area contributed by atoms with Crippen LogP contribution in [-0.2, 0) is 0 Å². The van der Waals surface area contributed by atoms with Crippen LogP contribution in [0, 0.1) is 0 Å². The van der Waals surface area contributed by atoms with Gasteiger partial charge >= 0.3 is 0 Å². The number of carbonyl (C=O) groups excluding carboxylic acids is 1. The van der Waals surface area contributed by atoms with Gasteiger partial charge in [-0.2, -0.15) is 5.10 Å². The number of carbonyl (C=O) groups is 1. The first-order chi connectivity index (χ1) is 8.55. The number of rotatable bonds is 2. The second-order valence-electron chi connectivity index (χ2n) is 5.02. The van der Waals surface area contributed by atoms with Crippen LogP contribution in [0.25, 0.3) is 5.65 Å². The van der Waals surface area contributed by atoms with Crippen LogP contribution in [0.1, 0.15) is 30.1 Å². The van der Waals surface area contributed by atoms with Crippen LogP contribution in [0.5, 0.6) is 0 Å². The van der Waals surface area contributed by atoms with Crippen molar-refractivity contribution in [1.29, 1.82) is 0 Å². The smallest absolute Gasteiger partial charge is 0.256 e. The van der Waals surface area contributed by atoms with Gasteiger partial charge in [0.25, 0.3) is 5.91 Å². The molecule has 94 valence electrons. The lowest BCUT2D eigenvalue weighted by Crippen LogP contribution is -2.53. The lowest BCUT2D eigenvalue weighted by molar-refractivity contribution is -0.0366. The van der Waals surface area contributed by atoms with E-state index in [2.05, 4.69) is 15.4 Å². The highest BCUT2D eigenvalue weighted by molar-refractivity contribution is 5.99. The molecule has 3 rings (SSSR count). The van der Waals surface area contributed by atoms with E-state index in [9.17, 15) is 9.90 Å². The molecule has 0 radical (unpaired) electrons. The van der Waals surface area contributed by atoms with Crippen molar-refractivity contribution in [2.75, 3.05) is 0 Å². The lowest BCUT2D eigenvalue weighted by atomic mass is 9.77. The number of amides is 1. The van der Waals surface area contributed by atoms with Crippen molar-refractivity contribution >= 4 is 11.6 Å². The predicted octanol–water partition coefficient (Wildman–Crippen LogP) is 0.372. The molecule has 1 saturated carbocycles. The highest BCUT2D eigenvalue weighted by Crippen LogP contribution is 2.31. The standard InChI is InChI=1S/C12H14N4O2/c1-12(18)5-8(6-12)15-11(17)9-7-14-16-4-2-3-13-10(9)16/h2-4,7-8,18H,5-6H2,1H3,(H,15,17). The molecule has 0 aromatic carbocycles. The van der Waals surface area contributed by atoms with Crippen LogP contribution in [0.3, 0.4) is 0 Å². The highest BCUT2D eigenvalue weighted by atomic mass is 16.3. The van der Waals surface area contributed by atoms with Crippen LogP contribution in [0.15, 0.2) is 24.7 Å². The van der Waals surface area contributed by atoms with Gasteiger partial charge in [-0.25, -0.2) is 9.50 Å². The summed E-state index contributed by atoms with van der Waals surface area (Å²) in [6, 6.07) is 1.79. The minimum absolute atomic E-state index is 0.0335. The van der Waals surface area contributed by atoms with Gasteiger partial charge in [-0.15, -0.1) is 0 Å². The van der Waals surface area contributed by atoms with Gasteiger partial charge in [-0.3, -0.25) is 4.79 Å². The number of hydrogen-bond acceptors (Lipinski definition) is 4. The summed E-state index contributed by atoms with van der Waals surface area (Å²) in [6.45, 7) is 1.77. The Bertz CT molecular complexity index is 597. The van der Waals surface area contributed by atoms with E-state index in [1.54, 1.807) is 29.9 Å². The number of nitrogens with zero attached hydrogens (tertiary/aromatic N) is 3. The zero-order valence-corrected chi connectivity index (χ0v) is 10.00. The molecule has 18 heavy (non-hydrogen) atoms. The van der Waals surface area contributed by atoms with E-state index in [0.29, 0.717) is 24.1 Å². The van der Waals surface area contributed by atoms with Gasteiger partial charge in [0.05, 0.1) is 11.8 Å². The third kappa shape index (κ3) is 1.84. The summed E-state index contributed by atoms with van der Waals surface area (Å²) in [7, 11) is 0. The number of fused-ring (bicyclic) bond motifs is 1. The maximum atomic E-state index is 12.0. The molecule has 2 aromatic rings. The maximum absolute atomic E-state index is 12.0. The summed E-state index contributed by atoms with van der Waals surface area (Å²) in [6.07, 6.45) is 6.06. The number of hydrogen-bond donors (Lipinski definition) is 2. The Hall–Kier alpha value is -1.95. The molecular weight excluding hydrogens is 232 g/mol. The van der Waals surface area contributed by atoms with Gasteiger partial charge in [0.1, 0.15) is 5.56 Å². The molecule has 2 heterocycles. The molecule has 0 aliphatic heterocycles. The molecule has 0 bridgehead atoms. The molecule has 0 saturated heterocycles. The average molecular weight is 246 g/mol. The van der Waals surface area contributed by atoms with E-state index in [0.717, 1.165) is 0 Å². The molecule has 1 aliphatic rings. The van der Waals surface area contributed by atoms with Crippen molar-refractivity contribution in [2.45, 2.75) is 31.4 Å². The summed E-state index contributed by atoms with van der Waals surface area (Å²) in [5, 5.41) is 16.6. The van der Waals surface area contributed by atoms with Crippen LogP contribution < -0.4 is 5.32 Å². The minimum atomic E-state index is -0.642. The summed E-state index contributed by atoms with van der Waals surface area (Å²) in [5.41, 5.74) is 0.361. The van der Waals surface area contributed by atoms with Gasteiger partial charge in [0.2, 0.25) is 0 Å². The van der Waals surface area contributed by atoms with Crippen LogP contribution in [0.2, 0.25) is 0 Å². The second-order valence-corrected chi connectivity index (χ2v) is 5.02. The third-order valence-electron chi connectivity index (χ3n) is 3.23. The van der Waals surface area contributed by atoms with E-state index in [1.807, 2.05) is 0 Å². The molecule has 1 amide bonds. The van der Waals surface area contributed by atoms with Crippen LogP contribution in [0.4, 0.5) is 0 Å². The van der Waals surface area contributed by atoms with Crippen molar-refractivity contribution in [1.82, 2.24) is 19.9 Å². The van der Waals surface area contributed by atoms with Crippen molar-refractivity contribution in [3.8, 4) is 0 Å². The monoisotopic (exact) mass is 246 g/mol. The van der Waals surface area contributed by atoms with Gasteiger partial charge in [-0.1, -0.05) is 0 Å². The Labute approximate surface area is 104 Å². The first kappa shape index (κ1) is 11.2. The number of nitrogens with one attached hydrogen (secondary N) is 1. The van der Waals surface area contributed by atoms with Gasteiger partial charge in [0.15, 0.2) is 5.65 Å². The second kappa shape index (κ2) is 3.78. The molecule has 0 spiro atoms. The summed E-state index contributed by atoms with van der Waals surface area (Å²) >= 11 is 0. The van der Waals surface area contributed by atoms with Crippen LogP contribution in [-0.4, -0.2) is 37.3 Å². The molecular formula is C12H14N4O2. The highest BCUT2D eigenvalue weighted by Gasteiger charge is 2.39. The Morgan fingerprint density at radius 2 is 2.39 bits per heavy atom. The maximum Gasteiger partial charge on any atom is 0.256 e. The van der Waals surface area contributed by atoms with E-state index in [4.69, 9.17) is 0 Å². The molecule has 6 nitrogen and oxygen atoms in total. The van der Waals surface area contributed by atoms with Gasteiger partial charge < -0.3 is 10.4 Å². The number of aliphatic hydroxyl groups is 1. The molecule has 1 aliphatic carbocycles. The van der Waals surface area contributed by atoms with E-state index >= 15 is 0 Å². The molecule has 0 unspecified atom stereocenters. The quantitative estimate of drug-likeness (QED) is 0.802. The Balaban J connectivity index is 1.77. The summed E-state index contributed by atoms with van der Waals surface area (Å²) in [4.78, 5) is 16.2. The van der Waals surface area contributed by atoms with Crippen molar-refractivity contribution in [3.63, 3.8) is 0 Å². The fourth-order valence-electron chi connectivity index (χ4n) is 2.35. The normalized spacial score (nSPS) is 26.9. The Kier molecular flexibility index (Phi) is 2.34. The van der Waals surface area contributed by atoms with E-state index in [1.165, 1.54) is 6.20 Å². The van der Waals surface area contributed by atoms with Crippen molar-refractivity contribution in [2.24, 2.45) is 0 Å². The first-order valence-corrected chi connectivity index (χ1v) is 5.87. The first-order valence-electron chi connectivity index (χ1n) is 5.87. The molecule has 0 atom stereocenters. The molecule has 2 aromatic heterocycles. The zero-order valence-electron chi connectivity index (χ0n) is 10.00. The van der Waals surface area contributed by atoms with Crippen LogP contribution >= 0.6 is 0 Å². The molecule has 2 N–H and O–H groups in total. The SMILES string of the molecule is CC1(O)CC(NC(=O)c2cnn3cccnc23)C1. The fourth-order valence-corrected chi connectivity index (χ4v) is 2.35. The predicted molar refractivity (Wildman–Crippen MR) is 64.1 cm³/mol. The number of aromatic nitrogens is 3. The molecule has 6 heteroatoms. The zero-order chi connectivity index (χ0) is 12.8. The largest absolute Gasteiger partial charge is 0.390 e. The Morgan fingerprint density at radius 1 is 1.61 bits per heavy atom. The molecule has 1 fully saturated rings. The van der Waals surface area contributed by atoms with E-state index < -0.39 is 5.60 Å². The third-order valence-corrected chi connectivity index (χ3v) is 3.23. The fraction of sp³-hybridized carbons (Fsp3) is 0.417. The van der Waals surface area contributed by atoms with Gasteiger partial charge in [0, 0.05) is 18.4 Å². The average Bonchev–Trinajstić information content (AvgIpc) is 2.70. The topological polar surface area (TPSA) is 79.5 Å². The van der Waals surface area contributed by atoms with Gasteiger partial charge in [-0.05, 0) is 25.8 Å². The summed E-state index contributed by atoms with van der Waals surface area (Å²) in [5.74, 6) is -0.191. The minimum Gasteiger partial charge on any atom is -0.390 e. The summed E-state index contributed by atoms with van der Waals surface area (Å²) < 4.78 is 1.56. The van der Waals surface area contributed by atoms with E-state index in [-0.39, 0.29) is 11.9 Å². The lowest BCUT2D eigenvalue weighted by Gasteiger charge is -2.41.